The number of benzene rings is 2. The maximum absolute atomic E-state index is 14.1. The number of H-pyrrole nitrogens is 1. The van der Waals surface area contributed by atoms with Crippen molar-refractivity contribution < 1.29 is 23.9 Å². The van der Waals surface area contributed by atoms with Gasteiger partial charge in [-0.15, -0.1) is 0 Å². The second-order valence-electron chi connectivity index (χ2n) is 12.0. The van der Waals surface area contributed by atoms with E-state index in [1.807, 2.05) is 63.2 Å². The highest BCUT2D eigenvalue weighted by Crippen LogP contribution is 2.35. The molecule has 1 aliphatic rings. The number of fused-ring (bicyclic) bond motifs is 3. The number of alkyl carbamates (subject to hydrolysis) is 1. The van der Waals surface area contributed by atoms with Crippen molar-refractivity contribution in [2.75, 3.05) is 0 Å². The van der Waals surface area contributed by atoms with E-state index in [1.54, 1.807) is 13.8 Å². The molecule has 0 aliphatic heterocycles. The number of carbonyl (C=O) groups excluding carboxylic acids is 4. The van der Waals surface area contributed by atoms with E-state index in [1.165, 1.54) is 0 Å². The number of aromatic nitrogens is 1. The molecule has 1 aromatic heterocycles. The van der Waals surface area contributed by atoms with Crippen LogP contribution in [-0.2, 0) is 38.6 Å². The summed E-state index contributed by atoms with van der Waals surface area (Å²) in [6.07, 6.45) is 0.866. The molecule has 43 heavy (non-hydrogen) atoms. The summed E-state index contributed by atoms with van der Waals surface area (Å²) in [5.41, 5.74) is 9.08. The van der Waals surface area contributed by atoms with Crippen LogP contribution in [0.2, 0.25) is 0 Å². The maximum atomic E-state index is 14.1. The molecular formula is C33H43N5O5. The quantitative estimate of drug-likeness (QED) is 0.230. The highest BCUT2D eigenvalue weighted by molar-refractivity contribution is 5.98. The number of rotatable bonds is 11. The fraction of sp³-hybridized carbons (Fsp3) is 0.455. The molecule has 4 rings (SSSR count). The van der Waals surface area contributed by atoms with Crippen LogP contribution in [0.4, 0.5) is 4.79 Å². The Labute approximate surface area is 252 Å². The van der Waals surface area contributed by atoms with Crippen LogP contribution >= 0.6 is 0 Å². The van der Waals surface area contributed by atoms with Crippen molar-refractivity contribution in [3.63, 3.8) is 0 Å². The zero-order valence-electron chi connectivity index (χ0n) is 25.6. The minimum Gasteiger partial charge on any atom is -0.445 e. The molecule has 0 fully saturated rings. The third-order valence-corrected chi connectivity index (χ3v) is 8.47. The molecule has 1 heterocycles. The minimum atomic E-state index is -1.38. The van der Waals surface area contributed by atoms with Gasteiger partial charge in [0, 0.05) is 23.0 Å². The molecule has 4 atom stereocenters. The highest BCUT2D eigenvalue weighted by atomic mass is 16.5. The summed E-state index contributed by atoms with van der Waals surface area (Å²) in [6.45, 7) is 9.45. The fourth-order valence-corrected chi connectivity index (χ4v) is 5.68. The Morgan fingerprint density at radius 1 is 1.02 bits per heavy atom. The fourth-order valence-electron chi connectivity index (χ4n) is 5.68. The Hall–Kier alpha value is -4.34. The largest absolute Gasteiger partial charge is 0.445 e. The van der Waals surface area contributed by atoms with E-state index in [0.29, 0.717) is 19.3 Å². The van der Waals surface area contributed by atoms with Crippen LogP contribution in [0.15, 0.2) is 48.5 Å². The molecule has 0 spiro atoms. The Kier molecular flexibility index (Phi) is 9.78. The number of nitrogens with one attached hydrogen (secondary N) is 4. The zero-order chi connectivity index (χ0) is 31.3. The van der Waals surface area contributed by atoms with Gasteiger partial charge in [-0.3, -0.25) is 14.4 Å². The number of hydrogen-bond acceptors (Lipinski definition) is 5. The van der Waals surface area contributed by atoms with Gasteiger partial charge in [-0.1, -0.05) is 76.6 Å². The topological polar surface area (TPSA) is 155 Å². The standard InChI is InChI=1S/C33H43N5O5/c1-6-21(5)28(37-32(42)43-18-22-10-8-7-9-11-22)30(40)38-33(31(41)36-27(19(2)3)29(34)39)15-14-25-24(17-33)23-13-12-20(4)16-26(23)35-25/h7-13,16,19,21,27-28,35H,6,14-15,17-18H2,1-5H3,(H2,34,39)(H,36,41)(H,37,42)(H,38,40)/t21-,27-,28-,33+/m0/s1. The predicted molar refractivity (Wildman–Crippen MR) is 165 cm³/mol. The SMILES string of the molecule is CC[C@H](C)[C@H](NC(=O)OCc1ccccc1)C(=O)N[C@]1(C(=O)N[C@H](C(N)=O)C(C)C)CCc2[nH]c3cc(C)ccc3c2C1. The van der Waals surface area contributed by atoms with E-state index in [-0.39, 0.29) is 24.9 Å². The molecule has 10 heteroatoms. The van der Waals surface area contributed by atoms with Gasteiger partial charge in [0.25, 0.3) is 0 Å². The van der Waals surface area contributed by atoms with Crippen LogP contribution < -0.4 is 21.7 Å². The van der Waals surface area contributed by atoms with Crippen molar-refractivity contribution in [3.8, 4) is 0 Å². The molecule has 230 valence electrons. The normalized spacial score (nSPS) is 18.3. The summed E-state index contributed by atoms with van der Waals surface area (Å²) < 4.78 is 5.40. The van der Waals surface area contributed by atoms with Crippen LogP contribution in [-0.4, -0.2) is 46.4 Å². The maximum Gasteiger partial charge on any atom is 0.408 e. The van der Waals surface area contributed by atoms with Gasteiger partial charge in [0.2, 0.25) is 17.7 Å². The summed E-state index contributed by atoms with van der Waals surface area (Å²) >= 11 is 0. The van der Waals surface area contributed by atoms with Crippen molar-refractivity contribution in [1.82, 2.24) is 20.9 Å². The number of ether oxygens (including phenoxy) is 1. The van der Waals surface area contributed by atoms with Gasteiger partial charge in [0.15, 0.2) is 0 Å². The number of aromatic amines is 1. The molecule has 0 saturated carbocycles. The summed E-state index contributed by atoms with van der Waals surface area (Å²) in [6, 6.07) is 13.5. The van der Waals surface area contributed by atoms with E-state index >= 15 is 0 Å². The number of carbonyl (C=O) groups is 4. The number of primary amides is 1. The molecule has 0 saturated heterocycles. The Balaban J connectivity index is 1.63. The zero-order valence-corrected chi connectivity index (χ0v) is 25.6. The third kappa shape index (κ3) is 7.18. The van der Waals surface area contributed by atoms with Crippen LogP contribution in [0.3, 0.4) is 0 Å². The van der Waals surface area contributed by atoms with Gasteiger partial charge in [-0.2, -0.15) is 0 Å². The Morgan fingerprint density at radius 2 is 1.74 bits per heavy atom. The first-order valence-corrected chi connectivity index (χ1v) is 14.9. The highest BCUT2D eigenvalue weighted by Gasteiger charge is 2.46. The number of amides is 4. The van der Waals surface area contributed by atoms with Crippen molar-refractivity contribution in [2.45, 2.75) is 84.5 Å². The van der Waals surface area contributed by atoms with Gasteiger partial charge < -0.3 is 31.4 Å². The average Bonchev–Trinajstić information content (AvgIpc) is 3.33. The first-order valence-electron chi connectivity index (χ1n) is 14.9. The van der Waals surface area contributed by atoms with Crippen molar-refractivity contribution in [2.24, 2.45) is 17.6 Å². The van der Waals surface area contributed by atoms with E-state index in [4.69, 9.17) is 10.5 Å². The summed E-state index contributed by atoms with van der Waals surface area (Å²) in [7, 11) is 0. The molecule has 4 amide bonds. The van der Waals surface area contributed by atoms with E-state index in [2.05, 4.69) is 27.0 Å². The van der Waals surface area contributed by atoms with Crippen molar-refractivity contribution in [1.29, 1.82) is 0 Å². The van der Waals surface area contributed by atoms with Crippen LogP contribution in [0, 0.1) is 18.8 Å². The molecule has 1 aliphatic carbocycles. The van der Waals surface area contributed by atoms with E-state index < -0.39 is 41.4 Å². The smallest absolute Gasteiger partial charge is 0.408 e. The van der Waals surface area contributed by atoms with Gasteiger partial charge in [-0.05, 0) is 54.4 Å². The van der Waals surface area contributed by atoms with E-state index in [0.717, 1.165) is 33.3 Å². The predicted octanol–water partition coefficient (Wildman–Crippen LogP) is 3.79. The van der Waals surface area contributed by atoms with Gasteiger partial charge >= 0.3 is 6.09 Å². The van der Waals surface area contributed by atoms with Gasteiger partial charge in [0.05, 0.1) is 0 Å². The number of hydrogen-bond donors (Lipinski definition) is 5. The lowest BCUT2D eigenvalue weighted by Crippen LogP contribution is -2.67. The summed E-state index contributed by atoms with van der Waals surface area (Å²) in [5.74, 6) is -2.14. The summed E-state index contributed by atoms with van der Waals surface area (Å²) in [5, 5.41) is 9.55. The molecule has 0 bridgehead atoms. The number of aryl methyl sites for hydroxylation is 2. The summed E-state index contributed by atoms with van der Waals surface area (Å²) in [4.78, 5) is 56.6. The number of nitrogens with two attached hydrogens (primary N) is 1. The lowest BCUT2D eigenvalue weighted by atomic mass is 9.78. The Morgan fingerprint density at radius 3 is 2.40 bits per heavy atom. The Bertz CT molecular complexity index is 1480. The van der Waals surface area contributed by atoms with Gasteiger partial charge in [-0.25, -0.2) is 4.79 Å². The monoisotopic (exact) mass is 589 g/mol. The molecular weight excluding hydrogens is 546 g/mol. The minimum absolute atomic E-state index is 0.0559. The first kappa shape index (κ1) is 31.6. The molecule has 6 N–H and O–H groups in total. The van der Waals surface area contributed by atoms with Crippen molar-refractivity contribution >= 4 is 34.7 Å². The molecule has 10 nitrogen and oxygen atoms in total. The van der Waals surface area contributed by atoms with Gasteiger partial charge in [0.1, 0.15) is 24.2 Å². The first-order chi connectivity index (χ1) is 20.4. The van der Waals surface area contributed by atoms with Crippen LogP contribution in [0.1, 0.15) is 62.9 Å². The van der Waals surface area contributed by atoms with E-state index in [9.17, 15) is 19.2 Å². The van der Waals surface area contributed by atoms with Crippen LogP contribution in [0.5, 0.6) is 0 Å². The molecule has 2 aromatic carbocycles. The lowest BCUT2D eigenvalue weighted by Gasteiger charge is -2.39. The second-order valence-corrected chi connectivity index (χ2v) is 12.0. The molecule has 0 unspecified atom stereocenters. The van der Waals surface area contributed by atoms with Crippen LogP contribution in [0.25, 0.3) is 10.9 Å². The lowest BCUT2D eigenvalue weighted by molar-refractivity contribution is -0.137. The second kappa shape index (κ2) is 13.3. The average molecular weight is 590 g/mol. The molecule has 0 radical (unpaired) electrons. The molecule has 3 aromatic rings. The van der Waals surface area contributed by atoms with Crippen molar-refractivity contribution in [3.05, 3.63) is 70.9 Å². The third-order valence-electron chi connectivity index (χ3n) is 8.47.